The van der Waals surface area contributed by atoms with Crippen LogP contribution in [-0.4, -0.2) is 67.2 Å². The first-order valence-electron chi connectivity index (χ1n) is 11.1. The number of sulfone groups is 1. The number of benzene rings is 1. The molecule has 0 bridgehead atoms. The Morgan fingerprint density at radius 2 is 1.76 bits per heavy atom. The molecule has 0 spiro atoms. The molecule has 0 aliphatic carbocycles. The predicted molar refractivity (Wildman–Crippen MR) is 125 cm³/mol. The normalized spacial score (nSPS) is 20.4. The highest BCUT2D eigenvalue weighted by Gasteiger charge is 2.34. The maximum atomic E-state index is 14.6. The van der Waals surface area contributed by atoms with Crippen molar-refractivity contribution in [1.82, 2.24) is 14.9 Å². The molecule has 2 aliphatic rings. The molecule has 0 saturated carbocycles. The Labute approximate surface area is 202 Å². The van der Waals surface area contributed by atoms with Gasteiger partial charge in [0.2, 0.25) is 5.91 Å². The fourth-order valence-corrected chi connectivity index (χ4v) is 5.38. The third kappa shape index (κ3) is 5.41. The van der Waals surface area contributed by atoms with Gasteiger partial charge in [-0.3, -0.25) is 4.79 Å². The van der Waals surface area contributed by atoms with E-state index in [2.05, 4.69) is 20.2 Å². The van der Waals surface area contributed by atoms with Crippen molar-refractivity contribution in [3.05, 3.63) is 41.3 Å². The average Bonchev–Trinajstić information content (AvgIpc) is 2.97. The van der Waals surface area contributed by atoms with E-state index in [4.69, 9.17) is 11.6 Å². The summed E-state index contributed by atoms with van der Waals surface area (Å²) in [6.45, 7) is 2.01. The molecule has 2 aromatic rings. The number of rotatable bonds is 5. The molecule has 0 radical (unpaired) electrons. The molecule has 1 aromatic heterocycles. The topological polar surface area (TPSA) is 95.5 Å². The van der Waals surface area contributed by atoms with Crippen LogP contribution in [0.25, 0.3) is 0 Å². The van der Waals surface area contributed by atoms with Crippen LogP contribution in [0.15, 0.2) is 29.4 Å². The number of carbonyl (C=O) groups is 1. The largest absolute Gasteiger partial charge is 0.371 e. The lowest BCUT2D eigenvalue weighted by atomic mass is 10.0. The molecule has 4 rings (SSSR count). The van der Waals surface area contributed by atoms with Crippen LogP contribution in [-0.2, 0) is 14.6 Å². The molecule has 1 aromatic carbocycles. The van der Waals surface area contributed by atoms with Gasteiger partial charge in [0.15, 0.2) is 9.84 Å². The molecule has 12 heteroatoms. The molecule has 2 saturated heterocycles. The summed E-state index contributed by atoms with van der Waals surface area (Å²) in [6.07, 6.45) is 7.48. The average molecular weight is 514 g/mol. The summed E-state index contributed by atoms with van der Waals surface area (Å²) in [5, 5.41) is 3.15. The van der Waals surface area contributed by atoms with Crippen LogP contribution >= 0.6 is 11.6 Å². The van der Waals surface area contributed by atoms with Crippen LogP contribution in [0, 0.1) is 11.6 Å². The van der Waals surface area contributed by atoms with Gasteiger partial charge in [-0.25, -0.2) is 27.2 Å². The number of anilines is 2. The Balaban J connectivity index is 1.45. The molecule has 8 nitrogen and oxygen atoms in total. The van der Waals surface area contributed by atoms with Crippen molar-refractivity contribution in [3.8, 4) is 0 Å². The molecule has 1 atom stereocenters. The van der Waals surface area contributed by atoms with Gasteiger partial charge in [0.25, 0.3) is 0 Å². The monoisotopic (exact) mass is 513 g/mol. The van der Waals surface area contributed by atoms with Gasteiger partial charge in [0, 0.05) is 38.0 Å². The van der Waals surface area contributed by atoms with Crippen LogP contribution in [0.5, 0.6) is 0 Å². The standard InChI is InChI=1S/C22H26ClF2N5O3S/c1-34(32,33)19-11-15(24)18(10-16(19)25)28-17-4-2-3-7-30(22(17)31)14-5-8-29(9-6-14)21-13-26-20(23)12-27-21/h10-14,17,28H,2-9H2,1H3. The van der Waals surface area contributed by atoms with E-state index in [0.717, 1.165) is 43.8 Å². The molecule has 34 heavy (non-hydrogen) atoms. The first-order chi connectivity index (χ1) is 16.1. The van der Waals surface area contributed by atoms with Crippen molar-refractivity contribution in [2.75, 3.05) is 36.1 Å². The lowest BCUT2D eigenvalue weighted by Gasteiger charge is -2.39. The van der Waals surface area contributed by atoms with Crippen LogP contribution < -0.4 is 10.2 Å². The van der Waals surface area contributed by atoms with Crippen LogP contribution in [0.1, 0.15) is 32.1 Å². The number of carbonyl (C=O) groups excluding carboxylic acids is 1. The molecule has 1 N–H and O–H groups in total. The highest BCUT2D eigenvalue weighted by atomic mass is 35.5. The first kappa shape index (κ1) is 24.6. The lowest BCUT2D eigenvalue weighted by molar-refractivity contribution is -0.134. The minimum atomic E-state index is -3.91. The molecule has 1 amide bonds. The van der Waals surface area contributed by atoms with Crippen molar-refractivity contribution < 1.29 is 22.0 Å². The Morgan fingerprint density at radius 3 is 2.41 bits per heavy atom. The number of hydrogen-bond acceptors (Lipinski definition) is 7. The minimum absolute atomic E-state index is 0.0283. The minimum Gasteiger partial charge on any atom is -0.371 e. The second-order valence-electron chi connectivity index (χ2n) is 8.67. The van der Waals surface area contributed by atoms with Gasteiger partial charge in [0.05, 0.1) is 18.1 Å². The Morgan fingerprint density at radius 1 is 1.03 bits per heavy atom. The van der Waals surface area contributed by atoms with Crippen molar-refractivity contribution >= 4 is 38.9 Å². The van der Waals surface area contributed by atoms with E-state index >= 15 is 0 Å². The third-order valence-electron chi connectivity index (χ3n) is 6.31. The van der Waals surface area contributed by atoms with Gasteiger partial charge in [0.1, 0.15) is 33.5 Å². The number of nitrogens with one attached hydrogen (secondary N) is 1. The van der Waals surface area contributed by atoms with E-state index in [1.165, 1.54) is 6.20 Å². The third-order valence-corrected chi connectivity index (χ3v) is 7.62. The van der Waals surface area contributed by atoms with E-state index in [-0.39, 0.29) is 17.6 Å². The molecule has 1 unspecified atom stereocenters. The van der Waals surface area contributed by atoms with Crippen LogP contribution in [0.2, 0.25) is 5.15 Å². The number of amides is 1. The summed E-state index contributed by atoms with van der Waals surface area (Å²) in [7, 11) is -3.91. The fraction of sp³-hybridized carbons (Fsp3) is 0.500. The zero-order chi connectivity index (χ0) is 24.5. The van der Waals surface area contributed by atoms with Gasteiger partial charge in [-0.1, -0.05) is 11.6 Å². The molecule has 184 valence electrons. The molecule has 2 aliphatic heterocycles. The van der Waals surface area contributed by atoms with Crippen molar-refractivity contribution in [1.29, 1.82) is 0 Å². The van der Waals surface area contributed by atoms with Gasteiger partial charge in [-0.2, -0.15) is 0 Å². The maximum absolute atomic E-state index is 14.6. The number of piperidine rings is 1. The van der Waals surface area contributed by atoms with Gasteiger partial charge in [-0.15, -0.1) is 0 Å². The number of likely N-dealkylation sites (tertiary alicyclic amines) is 1. The lowest BCUT2D eigenvalue weighted by Crippen LogP contribution is -2.51. The number of hydrogen-bond donors (Lipinski definition) is 1. The highest BCUT2D eigenvalue weighted by molar-refractivity contribution is 7.90. The zero-order valence-electron chi connectivity index (χ0n) is 18.7. The van der Waals surface area contributed by atoms with E-state index < -0.39 is 32.4 Å². The van der Waals surface area contributed by atoms with Gasteiger partial charge < -0.3 is 15.1 Å². The highest BCUT2D eigenvalue weighted by Crippen LogP contribution is 2.28. The fourth-order valence-electron chi connectivity index (χ4n) is 4.55. The number of aromatic nitrogens is 2. The SMILES string of the molecule is CS(=O)(=O)c1cc(F)c(NC2CCCCN(C3CCN(c4cnc(Cl)cn4)CC3)C2=O)cc1F. The zero-order valence-corrected chi connectivity index (χ0v) is 20.2. The summed E-state index contributed by atoms with van der Waals surface area (Å²) >= 11 is 5.81. The summed E-state index contributed by atoms with van der Waals surface area (Å²) < 4.78 is 52.2. The summed E-state index contributed by atoms with van der Waals surface area (Å²) in [6, 6.07) is 0.766. The van der Waals surface area contributed by atoms with Crippen LogP contribution in [0.3, 0.4) is 0 Å². The summed E-state index contributed by atoms with van der Waals surface area (Å²) in [5.41, 5.74) is -0.221. The molecular weight excluding hydrogens is 488 g/mol. The Hall–Kier alpha value is -2.53. The molecule has 3 heterocycles. The van der Waals surface area contributed by atoms with Crippen molar-refractivity contribution in [3.63, 3.8) is 0 Å². The van der Waals surface area contributed by atoms with Crippen molar-refractivity contribution in [2.24, 2.45) is 0 Å². The molecular formula is C22H26ClF2N5O3S. The number of nitrogens with zero attached hydrogens (tertiary/aromatic N) is 4. The Bertz CT molecular complexity index is 1160. The first-order valence-corrected chi connectivity index (χ1v) is 13.4. The van der Waals surface area contributed by atoms with Gasteiger partial charge in [-0.05, 0) is 38.2 Å². The van der Waals surface area contributed by atoms with Crippen molar-refractivity contribution in [2.45, 2.75) is 49.1 Å². The smallest absolute Gasteiger partial charge is 0.245 e. The second kappa shape index (κ2) is 9.99. The number of halogens is 3. The van der Waals surface area contributed by atoms with Gasteiger partial charge >= 0.3 is 0 Å². The predicted octanol–water partition coefficient (Wildman–Crippen LogP) is 3.27. The van der Waals surface area contributed by atoms with E-state index in [9.17, 15) is 22.0 Å². The Kier molecular flexibility index (Phi) is 7.22. The van der Waals surface area contributed by atoms with E-state index in [1.807, 2.05) is 4.90 Å². The molecule has 2 fully saturated rings. The summed E-state index contributed by atoms with van der Waals surface area (Å²) in [4.78, 5) is 25.0. The quantitative estimate of drug-likeness (QED) is 0.655. The summed E-state index contributed by atoms with van der Waals surface area (Å²) in [5.74, 6) is -1.39. The van der Waals surface area contributed by atoms with Crippen LogP contribution in [0.4, 0.5) is 20.3 Å². The van der Waals surface area contributed by atoms with E-state index in [0.29, 0.717) is 37.3 Å². The second-order valence-corrected chi connectivity index (χ2v) is 11.0. The maximum Gasteiger partial charge on any atom is 0.245 e. The van der Waals surface area contributed by atoms with E-state index in [1.54, 1.807) is 6.20 Å².